The summed E-state index contributed by atoms with van der Waals surface area (Å²) in [5, 5.41) is 16.2. The zero-order valence-electron chi connectivity index (χ0n) is 13.9. The van der Waals surface area contributed by atoms with Gasteiger partial charge in [0.1, 0.15) is 0 Å². The van der Waals surface area contributed by atoms with Crippen LogP contribution in [0.25, 0.3) is 0 Å². The maximum absolute atomic E-state index is 12.7. The van der Waals surface area contributed by atoms with Crippen molar-refractivity contribution in [1.29, 1.82) is 0 Å². The van der Waals surface area contributed by atoms with Crippen LogP contribution in [0.4, 0.5) is 0 Å². The molecule has 1 aromatic rings. The Morgan fingerprint density at radius 2 is 1.96 bits per heavy atom. The lowest BCUT2D eigenvalue weighted by molar-refractivity contribution is -0.312. The Kier molecular flexibility index (Phi) is 4.81. The number of primary sulfonamides is 1. The normalized spacial score (nSPS) is 23.3. The monoisotopic (exact) mass is 376 g/mol. The maximum Gasteiger partial charge on any atom is 0.238 e. The van der Waals surface area contributed by atoms with E-state index in [0.717, 1.165) is 18.9 Å². The van der Waals surface area contributed by atoms with Crippen molar-refractivity contribution < 1.29 is 27.9 Å². The molecule has 2 N–H and O–H groups in total. The van der Waals surface area contributed by atoms with Crippen molar-refractivity contribution in [1.82, 2.24) is 0 Å². The molecule has 0 bridgehead atoms. The van der Waals surface area contributed by atoms with Crippen molar-refractivity contribution in [3.05, 3.63) is 41.0 Å². The second-order valence-corrected chi connectivity index (χ2v) is 8.37. The first-order valence-electron chi connectivity index (χ1n) is 8.34. The van der Waals surface area contributed by atoms with Gasteiger partial charge in [-0.1, -0.05) is 25.0 Å². The molecule has 1 fully saturated rings. The Morgan fingerprint density at radius 1 is 1.23 bits per heavy atom. The van der Waals surface area contributed by atoms with Gasteiger partial charge < -0.3 is 9.90 Å². The van der Waals surface area contributed by atoms with Crippen molar-refractivity contribution >= 4 is 27.6 Å². The van der Waals surface area contributed by atoms with Gasteiger partial charge in [-0.25, -0.2) is 13.6 Å². The van der Waals surface area contributed by atoms with Crippen molar-refractivity contribution in [2.45, 2.75) is 37.0 Å². The number of carbonyl (C=O) groups is 3. The van der Waals surface area contributed by atoms with Crippen LogP contribution >= 0.6 is 0 Å². The first-order chi connectivity index (χ1) is 12.2. The fourth-order valence-electron chi connectivity index (χ4n) is 3.83. The molecule has 0 saturated heterocycles. The zero-order chi connectivity index (χ0) is 19.1. The van der Waals surface area contributed by atoms with Crippen LogP contribution in [0, 0.1) is 11.8 Å². The largest absolute Gasteiger partial charge is 0.550 e. The summed E-state index contributed by atoms with van der Waals surface area (Å²) in [7, 11) is -4.14. The first kappa shape index (κ1) is 18.5. The lowest BCUT2D eigenvalue weighted by Gasteiger charge is -2.30. The van der Waals surface area contributed by atoms with Gasteiger partial charge in [-0.2, -0.15) is 0 Å². The van der Waals surface area contributed by atoms with Crippen LogP contribution in [0.15, 0.2) is 34.7 Å². The number of fused-ring (bicyclic) bond motifs is 1. The molecule has 1 saturated carbocycles. The fourth-order valence-corrected chi connectivity index (χ4v) is 4.60. The van der Waals surface area contributed by atoms with Gasteiger partial charge in [0.2, 0.25) is 10.0 Å². The Hall–Kier alpha value is -2.32. The molecule has 1 aromatic carbocycles. The highest BCUT2D eigenvalue weighted by molar-refractivity contribution is 7.89. The minimum Gasteiger partial charge on any atom is -0.550 e. The predicted octanol–water partition coefficient (Wildman–Crippen LogP) is 0.586. The summed E-state index contributed by atoms with van der Waals surface area (Å²) in [5.41, 5.74) is 0.101. The molecule has 0 aromatic heterocycles. The number of hydrogen-bond acceptors (Lipinski definition) is 6. The number of hydrogen-bond donors (Lipinski definition) is 1. The van der Waals surface area contributed by atoms with E-state index in [-0.39, 0.29) is 33.9 Å². The third-order valence-electron chi connectivity index (χ3n) is 5.05. The minimum absolute atomic E-state index is 0.0197. The van der Waals surface area contributed by atoms with E-state index in [0.29, 0.717) is 12.8 Å². The number of allylic oxidation sites excluding steroid dienone is 2. The molecule has 2 aliphatic rings. The van der Waals surface area contributed by atoms with Crippen LogP contribution in [0.3, 0.4) is 0 Å². The molecular formula is C18H18NO6S-. The number of carboxylic acid groups (broad SMARTS) is 1. The molecule has 0 amide bonds. The minimum atomic E-state index is -4.14. The molecule has 138 valence electrons. The van der Waals surface area contributed by atoms with Crippen LogP contribution in [0.1, 0.15) is 52.8 Å². The van der Waals surface area contributed by atoms with Crippen LogP contribution in [-0.4, -0.2) is 26.0 Å². The van der Waals surface area contributed by atoms with Gasteiger partial charge in [-0.3, -0.25) is 9.59 Å². The van der Waals surface area contributed by atoms with Crippen LogP contribution in [0.2, 0.25) is 0 Å². The van der Waals surface area contributed by atoms with E-state index in [2.05, 4.69) is 0 Å². The Morgan fingerprint density at radius 3 is 2.62 bits per heavy atom. The number of benzene rings is 1. The summed E-state index contributed by atoms with van der Waals surface area (Å²) in [6, 6.07) is 3.98. The number of aliphatic carboxylic acids is 1. The first-order valence-corrected chi connectivity index (χ1v) is 9.89. The van der Waals surface area contributed by atoms with Gasteiger partial charge in [0.15, 0.2) is 11.6 Å². The fraction of sp³-hybridized carbons (Fsp3) is 0.389. The lowest BCUT2D eigenvalue weighted by Crippen LogP contribution is -2.35. The van der Waals surface area contributed by atoms with E-state index in [1.807, 2.05) is 0 Å². The molecule has 0 radical (unpaired) electrons. The molecule has 2 aliphatic carbocycles. The van der Waals surface area contributed by atoms with E-state index >= 15 is 0 Å². The van der Waals surface area contributed by atoms with Gasteiger partial charge in [-0.15, -0.1) is 0 Å². The van der Waals surface area contributed by atoms with E-state index in [4.69, 9.17) is 5.14 Å². The third-order valence-corrected chi connectivity index (χ3v) is 6.00. The predicted molar refractivity (Wildman–Crippen MR) is 89.6 cm³/mol. The van der Waals surface area contributed by atoms with Gasteiger partial charge in [0, 0.05) is 17.1 Å². The van der Waals surface area contributed by atoms with Crippen molar-refractivity contribution in [3.8, 4) is 0 Å². The topological polar surface area (TPSA) is 134 Å². The molecule has 3 rings (SSSR count). The van der Waals surface area contributed by atoms with Crippen LogP contribution < -0.4 is 10.2 Å². The lowest BCUT2D eigenvalue weighted by atomic mass is 9.76. The number of Topliss-reactive ketones (excluding diaryl/α,β-unsaturated/α-hetero) is 1. The number of rotatable bonds is 4. The molecule has 8 heteroatoms. The second kappa shape index (κ2) is 6.77. The Labute approximate surface area is 150 Å². The third kappa shape index (κ3) is 3.47. The summed E-state index contributed by atoms with van der Waals surface area (Å²) in [4.78, 5) is 35.9. The van der Waals surface area contributed by atoms with Gasteiger partial charge >= 0.3 is 0 Å². The molecule has 0 spiro atoms. The summed E-state index contributed by atoms with van der Waals surface area (Å²) in [5.74, 6) is -2.65. The molecule has 2 atom stereocenters. The van der Waals surface area contributed by atoms with Crippen molar-refractivity contribution in [2.24, 2.45) is 17.0 Å². The van der Waals surface area contributed by atoms with Crippen LogP contribution in [-0.2, 0) is 14.8 Å². The van der Waals surface area contributed by atoms with E-state index in [1.54, 1.807) is 0 Å². The highest BCUT2D eigenvalue weighted by Gasteiger charge is 2.32. The highest BCUT2D eigenvalue weighted by atomic mass is 32.2. The van der Waals surface area contributed by atoms with E-state index in [9.17, 15) is 27.9 Å². The highest BCUT2D eigenvalue weighted by Crippen LogP contribution is 2.35. The number of carboxylic acids is 1. The second-order valence-electron chi connectivity index (χ2n) is 6.84. The number of sulfonamides is 1. The van der Waals surface area contributed by atoms with E-state index < -0.39 is 33.5 Å². The molecule has 0 unspecified atom stereocenters. The van der Waals surface area contributed by atoms with Crippen molar-refractivity contribution in [3.63, 3.8) is 0 Å². The van der Waals surface area contributed by atoms with Crippen molar-refractivity contribution in [2.75, 3.05) is 0 Å². The average molecular weight is 376 g/mol. The van der Waals surface area contributed by atoms with Gasteiger partial charge in [0.05, 0.1) is 10.5 Å². The zero-order valence-corrected chi connectivity index (χ0v) is 14.8. The Balaban J connectivity index is 1.90. The molecule has 0 aliphatic heterocycles. The SMILES string of the molecule is NS(=O)(=O)c1cccc2c1C(=O)C=C(C[C@H]1CCC[C@@H](C(=O)[O-])C1)C2=O. The maximum atomic E-state index is 12.7. The smallest absolute Gasteiger partial charge is 0.238 e. The summed E-state index contributed by atoms with van der Waals surface area (Å²) in [6.45, 7) is 0. The summed E-state index contributed by atoms with van der Waals surface area (Å²) >= 11 is 0. The molecule has 0 heterocycles. The number of nitrogens with two attached hydrogens (primary N) is 1. The summed E-state index contributed by atoms with van der Waals surface area (Å²) in [6.07, 6.45) is 3.91. The summed E-state index contributed by atoms with van der Waals surface area (Å²) < 4.78 is 23.4. The Bertz CT molecular complexity index is 931. The molecular weight excluding hydrogens is 358 g/mol. The standard InChI is InChI=1S/C18H19NO6S/c19-26(24,25)15-6-2-5-13-16(15)14(20)9-12(17(13)21)8-10-3-1-4-11(7-10)18(22)23/h2,5-6,9-11H,1,3-4,7-8H2,(H,22,23)(H2,19,24,25)/p-1/t10-,11+/m0/s1. The van der Waals surface area contributed by atoms with Gasteiger partial charge in [-0.05, 0) is 43.2 Å². The van der Waals surface area contributed by atoms with Crippen LogP contribution in [0.5, 0.6) is 0 Å². The average Bonchev–Trinajstić information content (AvgIpc) is 2.58. The number of ketones is 2. The molecule has 26 heavy (non-hydrogen) atoms. The van der Waals surface area contributed by atoms with E-state index in [1.165, 1.54) is 18.2 Å². The number of carbonyl (C=O) groups excluding carboxylic acids is 3. The van der Waals surface area contributed by atoms with Gasteiger partial charge in [0.25, 0.3) is 0 Å². The quantitative estimate of drug-likeness (QED) is 0.817. The molecule has 7 nitrogen and oxygen atoms in total.